The SMILES string of the molecule is CN=C(NCCCOCc1ccco1)N1CCC(C)(C)C1. The van der Waals surface area contributed by atoms with Crippen LogP contribution in [0, 0.1) is 5.41 Å². The minimum Gasteiger partial charge on any atom is -0.467 e. The molecule has 21 heavy (non-hydrogen) atoms. The zero-order valence-electron chi connectivity index (χ0n) is 13.4. The molecule has 5 heteroatoms. The Hall–Kier alpha value is -1.49. The molecule has 118 valence electrons. The topological polar surface area (TPSA) is 50.0 Å². The second-order valence-electron chi connectivity index (χ2n) is 6.30. The fraction of sp³-hybridized carbons (Fsp3) is 0.688. The van der Waals surface area contributed by atoms with Crippen molar-refractivity contribution in [2.75, 3.05) is 33.3 Å². The van der Waals surface area contributed by atoms with Crippen LogP contribution in [0.2, 0.25) is 0 Å². The zero-order valence-corrected chi connectivity index (χ0v) is 13.4. The minimum atomic E-state index is 0.393. The van der Waals surface area contributed by atoms with E-state index >= 15 is 0 Å². The lowest BCUT2D eigenvalue weighted by Gasteiger charge is -2.23. The summed E-state index contributed by atoms with van der Waals surface area (Å²) in [5, 5.41) is 3.42. The smallest absolute Gasteiger partial charge is 0.193 e. The Balaban J connectivity index is 1.59. The maximum Gasteiger partial charge on any atom is 0.193 e. The van der Waals surface area contributed by atoms with Crippen LogP contribution in [0.1, 0.15) is 32.4 Å². The number of ether oxygens (including phenoxy) is 1. The van der Waals surface area contributed by atoms with Crippen molar-refractivity contribution in [3.63, 3.8) is 0 Å². The molecule has 1 aromatic rings. The number of aliphatic imine (C=N–C) groups is 1. The minimum absolute atomic E-state index is 0.393. The maximum atomic E-state index is 5.56. The van der Waals surface area contributed by atoms with Gasteiger partial charge in [-0.05, 0) is 30.4 Å². The largest absolute Gasteiger partial charge is 0.467 e. The van der Waals surface area contributed by atoms with Crippen molar-refractivity contribution in [1.29, 1.82) is 0 Å². The Bertz CT molecular complexity index is 440. The molecule has 0 amide bonds. The first-order valence-corrected chi connectivity index (χ1v) is 7.66. The van der Waals surface area contributed by atoms with Crippen LogP contribution in [0.3, 0.4) is 0 Å². The van der Waals surface area contributed by atoms with Gasteiger partial charge < -0.3 is 19.4 Å². The molecule has 1 N–H and O–H groups in total. The molecule has 0 saturated carbocycles. The molecule has 0 bridgehead atoms. The molecule has 0 radical (unpaired) electrons. The first kappa shape index (κ1) is 15.9. The van der Waals surface area contributed by atoms with Gasteiger partial charge in [0.05, 0.1) is 6.26 Å². The van der Waals surface area contributed by atoms with Crippen LogP contribution in [0.5, 0.6) is 0 Å². The summed E-state index contributed by atoms with van der Waals surface area (Å²) in [6, 6.07) is 3.80. The van der Waals surface area contributed by atoms with Gasteiger partial charge in [0, 0.05) is 33.3 Å². The van der Waals surface area contributed by atoms with Crippen molar-refractivity contribution < 1.29 is 9.15 Å². The van der Waals surface area contributed by atoms with Crippen LogP contribution in [0.4, 0.5) is 0 Å². The second-order valence-corrected chi connectivity index (χ2v) is 6.30. The van der Waals surface area contributed by atoms with E-state index in [0.717, 1.165) is 44.4 Å². The van der Waals surface area contributed by atoms with Crippen molar-refractivity contribution >= 4 is 5.96 Å². The number of nitrogens with one attached hydrogen (secondary N) is 1. The molecule has 0 aromatic carbocycles. The van der Waals surface area contributed by atoms with Gasteiger partial charge >= 0.3 is 0 Å². The van der Waals surface area contributed by atoms with E-state index in [-0.39, 0.29) is 0 Å². The third-order valence-electron chi connectivity index (χ3n) is 3.76. The predicted molar refractivity (Wildman–Crippen MR) is 84.3 cm³/mol. The van der Waals surface area contributed by atoms with Gasteiger partial charge in [0.15, 0.2) is 5.96 Å². The van der Waals surface area contributed by atoms with Gasteiger partial charge in [-0.1, -0.05) is 13.8 Å². The van der Waals surface area contributed by atoms with E-state index < -0.39 is 0 Å². The van der Waals surface area contributed by atoms with Gasteiger partial charge in [-0.15, -0.1) is 0 Å². The van der Waals surface area contributed by atoms with Crippen LogP contribution < -0.4 is 5.32 Å². The van der Waals surface area contributed by atoms with Crippen molar-refractivity contribution in [1.82, 2.24) is 10.2 Å². The van der Waals surface area contributed by atoms with Gasteiger partial charge in [-0.2, -0.15) is 0 Å². The van der Waals surface area contributed by atoms with Crippen LogP contribution in [-0.4, -0.2) is 44.1 Å². The summed E-state index contributed by atoms with van der Waals surface area (Å²) in [4.78, 5) is 6.71. The van der Waals surface area contributed by atoms with Crippen LogP contribution >= 0.6 is 0 Å². The van der Waals surface area contributed by atoms with E-state index in [9.17, 15) is 0 Å². The Morgan fingerprint density at radius 1 is 1.52 bits per heavy atom. The standard InChI is InChI=1S/C16H27N3O2/c1-16(2)7-9-19(13-16)15(17-3)18-8-5-10-20-12-14-6-4-11-21-14/h4,6,11H,5,7-10,12-13H2,1-3H3,(H,17,18). The molecule has 2 heterocycles. The number of hydrogen-bond donors (Lipinski definition) is 1. The molecule has 0 spiro atoms. The van der Waals surface area contributed by atoms with Gasteiger partial charge in [-0.3, -0.25) is 4.99 Å². The van der Waals surface area contributed by atoms with Gasteiger partial charge in [-0.25, -0.2) is 0 Å². The number of likely N-dealkylation sites (tertiary alicyclic amines) is 1. The highest BCUT2D eigenvalue weighted by Gasteiger charge is 2.30. The lowest BCUT2D eigenvalue weighted by Crippen LogP contribution is -2.41. The number of hydrogen-bond acceptors (Lipinski definition) is 3. The Labute approximate surface area is 127 Å². The molecule has 5 nitrogen and oxygen atoms in total. The van der Waals surface area contributed by atoms with E-state index in [1.54, 1.807) is 6.26 Å². The number of guanidine groups is 1. The van der Waals surface area contributed by atoms with Crippen LogP contribution in [-0.2, 0) is 11.3 Å². The molecular weight excluding hydrogens is 266 g/mol. The highest BCUT2D eigenvalue weighted by atomic mass is 16.5. The summed E-state index contributed by atoms with van der Waals surface area (Å²) < 4.78 is 10.8. The molecule has 1 aliphatic heterocycles. The number of furan rings is 1. The second kappa shape index (κ2) is 7.50. The normalized spacial score (nSPS) is 18.2. The highest BCUT2D eigenvalue weighted by Crippen LogP contribution is 2.28. The summed E-state index contributed by atoms with van der Waals surface area (Å²) in [6.07, 6.45) is 3.85. The fourth-order valence-electron chi connectivity index (χ4n) is 2.57. The lowest BCUT2D eigenvalue weighted by atomic mass is 9.93. The third kappa shape index (κ3) is 5.08. The van der Waals surface area contributed by atoms with Gasteiger partial charge in [0.25, 0.3) is 0 Å². The Morgan fingerprint density at radius 2 is 2.38 bits per heavy atom. The van der Waals surface area contributed by atoms with Crippen LogP contribution in [0.25, 0.3) is 0 Å². The maximum absolute atomic E-state index is 5.56. The van der Waals surface area contributed by atoms with Gasteiger partial charge in [0.2, 0.25) is 0 Å². The first-order valence-electron chi connectivity index (χ1n) is 7.66. The summed E-state index contributed by atoms with van der Waals surface area (Å²) in [5.74, 6) is 1.88. The average molecular weight is 293 g/mol. The predicted octanol–water partition coefficient (Wildman–Crippen LogP) is 2.49. The molecule has 0 aliphatic carbocycles. The van der Waals surface area contributed by atoms with E-state index in [1.165, 1.54) is 6.42 Å². The summed E-state index contributed by atoms with van der Waals surface area (Å²) >= 11 is 0. The van der Waals surface area contributed by atoms with E-state index in [4.69, 9.17) is 9.15 Å². The molecule has 1 aromatic heterocycles. The monoisotopic (exact) mass is 293 g/mol. The van der Waals surface area contributed by atoms with Crippen molar-refractivity contribution in [3.8, 4) is 0 Å². The molecule has 1 saturated heterocycles. The molecular formula is C16H27N3O2. The van der Waals surface area contributed by atoms with Crippen molar-refractivity contribution in [2.24, 2.45) is 10.4 Å². The molecule has 2 rings (SSSR count). The lowest BCUT2D eigenvalue weighted by molar-refractivity contribution is 0.104. The van der Waals surface area contributed by atoms with Gasteiger partial charge in [0.1, 0.15) is 12.4 Å². The molecule has 0 unspecified atom stereocenters. The quantitative estimate of drug-likeness (QED) is 0.497. The number of rotatable bonds is 6. The molecule has 0 atom stereocenters. The van der Waals surface area contributed by atoms with Crippen molar-refractivity contribution in [3.05, 3.63) is 24.2 Å². The Morgan fingerprint density at radius 3 is 3.00 bits per heavy atom. The number of nitrogens with zero attached hydrogens (tertiary/aromatic N) is 2. The van der Waals surface area contributed by atoms with E-state index in [1.807, 2.05) is 19.2 Å². The summed E-state index contributed by atoms with van der Waals surface area (Å²) in [6.45, 7) is 8.91. The Kier molecular flexibility index (Phi) is 5.67. The van der Waals surface area contributed by atoms with Crippen molar-refractivity contribution in [2.45, 2.75) is 33.3 Å². The summed E-state index contributed by atoms with van der Waals surface area (Å²) in [7, 11) is 1.85. The average Bonchev–Trinajstić information content (AvgIpc) is 3.07. The molecule has 1 aliphatic rings. The fourth-order valence-corrected chi connectivity index (χ4v) is 2.57. The third-order valence-corrected chi connectivity index (χ3v) is 3.76. The van der Waals surface area contributed by atoms with E-state index in [0.29, 0.717) is 12.0 Å². The molecule has 1 fully saturated rings. The zero-order chi connectivity index (χ0) is 15.1. The first-order chi connectivity index (χ1) is 10.1. The summed E-state index contributed by atoms with van der Waals surface area (Å²) in [5.41, 5.74) is 0.393. The highest BCUT2D eigenvalue weighted by molar-refractivity contribution is 5.80. The van der Waals surface area contributed by atoms with E-state index in [2.05, 4.69) is 29.1 Å². The van der Waals surface area contributed by atoms with Crippen LogP contribution in [0.15, 0.2) is 27.8 Å².